The fraction of sp³-hybridized carbons (Fsp3) is 1.00. The molecule has 1 aliphatic heterocycles. The zero-order chi connectivity index (χ0) is 9.71. The predicted octanol–water partition coefficient (Wildman–Crippen LogP) is 1.45. The van der Waals surface area contributed by atoms with Crippen LogP contribution in [0.1, 0.15) is 32.6 Å². The molecule has 0 spiro atoms. The molecular formula is C12H22N2. The second-order valence-electron chi connectivity index (χ2n) is 5.73. The Labute approximate surface area is 86.8 Å². The molecule has 4 unspecified atom stereocenters. The van der Waals surface area contributed by atoms with Gasteiger partial charge in [0.1, 0.15) is 0 Å². The molecule has 2 N–H and O–H groups in total. The summed E-state index contributed by atoms with van der Waals surface area (Å²) >= 11 is 0. The van der Waals surface area contributed by atoms with E-state index in [0.29, 0.717) is 6.04 Å². The van der Waals surface area contributed by atoms with Crippen LogP contribution in [0.25, 0.3) is 0 Å². The third-order valence-electron chi connectivity index (χ3n) is 4.74. The first-order chi connectivity index (χ1) is 6.75. The number of rotatable bonds is 1. The quantitative estimate of drug-likeness (QED) is 0.684. The number of fused-ring (bicyclic) bond motifs is 1. The van der Waals surface area contributed by atoms with E-state index in [1.807, 2.05) is 0 Å². The van der Waals surface area contributed by atoms with Crippen LogP contribution in [0.3, 0.4) is 0 Å². The highest BCUT2D eigenvalue weighted by Gasteiger charge is 2.45. The summed E-state index contributed by atoms with van der Waals surface area (Å²) < 4.78 is 0. The van der Waals surface area contributed by atoms with Crippen molar-refractivity contribution in [1.29, 1.82) is 0 Å². The van der Waals surface area contributed by atoms with Crippen LogP contribution in [0.2, 0.25) is 0 Å². The van der Waals surface area contributed by atoms with Crippen molar-refractivity contribution in [3.8, 4) is 0 Å². The third kappa shape index (κ3) is 1.40. The average molecular weight is 194 g/mol. The van der Waals surface area contributed by atoms with Gasteiger partial charge in [-0.15, -0.1) is 0 Å². The van der Waals surface area contributed by atoms with Crippen LogP contribution in [0.15, 0.2) is 0 Å². The minimum absolute atomic E-state index is 0.500. The topological polar surface area (TPSA) is 29.3 Å². The van der Waals surface area contributed by atoms with Gasteiger partial charge in [-0.3, -0.25) is 4.90 Å². The Morgan fingerprint density at radius 2 is 1.71 bits per heavy atom. The van der Waals surface area contributed by atoms with Gasteiger partial charge in [-0.1, -0.05) is 6.92 Å². The number of nitrogens with two attached hydrogens (primary N) is 1. The minimum Gasteiger partial charge on any atom is -0.327 e. The first-order valence-corrected chi connectivity index (χ1v) is 6.25. The molecule has 0 radical (unpaired) electrons. The molecule has 0 amide bonds. The zero-order valence-corrected chi connectivity index (χ0v) is 9.15. The van der Waals surface area contributed by atoms with Gasteiger partial charge in [0.2, 0.25) is 0 Å². The summed E-state index contributed by atoms with van der Waals surface area (Å²) in [5.41, 5.74) is 6.24. The van der Waals surface area contributed by atoms with Gasteiger partial charge < -0.3 is 5.73 Å². The van der Waals surface area contributed by atoms with Gasteiger partial charge in [0.05, 0.1) is 0 Å². The van der Waals surface area contributed by atoms with E-state index < -0.39 is 0 Å². The summed E-state index contributed by atoms with van der Waals surface area (Å²) in [5, 5.41) is 0. The van der Waals surface area contributed by atoms with Crippen LogP contribution in [-0.2, 0) is 0 Å². The van der Waals surface area contributed by atoms with Crippen LogP contribution in [0.4, 0.5) is 0 Å². The minimum atomic E-state index is 0.500. The van der Waals surface area contributed by atoms with Crippen LogP contribution >= 0.6 is 0 Å². The monoisotopic (exact) mass is 194 g/mol. The van der Waals surface area contributed by atoms with E-state index in [9.17, 15) is 0 Å². The van der Waals surface area contributed by atoms with Gasteiger partial charge in [0.25, 0.3) is 0 Å². The van der Waals surface area contributed by atoms with E-state index in [0.717, 1.165) is 23.8 Å². The Morgan fingerprint density at radius 1 is 1.00 bits per heavy atom. The van der Waals surface area contributed by atoms with E-state index in [1.165, 1.54) is 38.8 Å². The van der Waals surface area contributed by atoms with Crippen molar-refractivity contribution >= 4 is 0 Å². The lowest BCUT2D eigenvalue weighted by atomic mass is 9.72. The molecule has 80 valence electrons. The number of hydrogen-bond donors (Lipinski definition) is 1. The third-order valence-corrected chi connectivity index (χ3v) is 4.74. The van der Waals surface area contributed by atoms with Gasteiger partial charge in [0.15, 0.2) is 0 Å². The van der Waals surface area contributed by atoms with E-state index in [4.69, 9.17) is 5.73 Å². The highest BCUT2D eigenvalue weighted by Crippen LogP contribution is 2.42. The fourth-order valence-corrected chi connectivity index (χ4v) is 3.56. The lowest BCUT2D eigenvalue weighted by molar-refractivity contribution is 0.187. The molecule has 0 aromatic heterocycles. The molecular weight excluding hydrogens is 172 g/mol. The highest BCUT2D eigenvalue weighted by molar-refractivity contribution is 4.99. The van der Waals surface area contributed by atoms with Crippen LogP contribution < -0.4 is 5.73 Å². The SMILES string of the molecule is CC1CCC(N)C2CN(C3CC3)CC12. The Balaban J connectivity index is 1.73. The molecule has 0 aromatic rings. The molecule has 1 saturated heterocycles. The van der Waals surface area contributed by atoms with E-state index in [2.05, 4.69) is 11.8 Å². The molecule has 4 atom stereocenters. The Morgan fingerprint density at radius 3 is 2.36 bits per heavy atom. The lowest BCUT2D eigenvalue weighted by Crippen LogP contribution is -2.41. The van der Waals surface area contributed by atoms with Gasteiger partial charge in [0, 0.05) is 25.2 Å². The average Bonchev–Trinajstić information content (AvgIpc) is 2.92. The summed E-state index contributed by atoms with van der Waals surface area (Å²) in [6, 6.07) is 1.44. The van der Waals surface area contributed by atoms with Crippen molar-refractivity contribution in [3.63, 3.8) is 0 Å². The molecule has 2 saturated carbocycles. The predicted molar refractivity (Wildman–Crippen MR) is 57.9 cm³/mol. The standard InChI is InChI=1S/C12H22N2/c1-8-2-5-12(13)11-7-14(6-10(8)11)9-3-4-9/h8-12H,2-7,13H2,1H3. The normalized spacial score (nSPS) is 49.3. The Hall–Kier alpha value is -0.0800. The molecule has 3 rings (SSSR count). The lowest BCUT2D eigenvalue weighted by Gasteiger charge is -2.35. The highest BCUT2D eigenvalue weighted by atomic mass is 15.2. The van der Waals surface area contributed by atoms with Crippen LogP contribution in [0.5, 0.6) is 0 Å². The zero-order valence-electron chi connectivity index (χ0n) is 9.15. The maximum Gasteiger partial charge on any atom is 0.00966 e. The van der Waals surface area contributed by atoms with E-state index >= 15 is 0 Å². The van der Waals surface area contributed by atoms with Crippen molar-refractivity contribution in [1.82, 2.24) is 4.90 Å². The molecule has 0 aromatic carbocycles. The van der Waals surface area contributed by atoms with Crippen molar-refractivity contribution < 1.29 is 0 Å². The van der Waals surface area contributed by atoms with E-state index in [1.54, 1.807) is 0 Å². The van der Waals surface area contributed by atoms with E-state index in [-0.39, 0.29) is 0 Å². The second kappa shape index (κ2) is 3.21. The summed E-state index contributed by atoms with van der Waals surface area (Å²) in [6.45, 7) is 5.09. The number of nitrogens with zero attached hydrogens (tertiary/aromatic N) is 1. The van der Waals surface area contributed by atoms with Gasteiger partial charge in [-0.2, -0.15) is 0 Å². The molecule has 3 fully saturated rings. The first-order valence-electron chi connectivity index (χ1n) is 6.25. The smallest absolute Gasteiger partial charge is 0.00966 e. The largest absolute Gasteiger partial charge is 0.327 e. The maximum absolute atomic E-state index is 6.24. The first kappa shape index (κ1) is 9.17. The molecule has 1 heterocycles. The number of likely N-dealkylation sites (tertiary alicyclic amines) is 1. The van der Waals surface area contributed by atoms with Crippen LogP contribution in [0, 0.1) is 17.8 Å². The summed E-state index contributed by atoms with van der Waals surface area (Å²) in [6.07, 6.45) is 5.52. The molecule has 0 bridgehead atoms. The van der Waals surface area contributed by atoms with Crippen molar-refractivity contribution in [2.45, 2.75) is 44.7 Å². The fourth-order valence-electron chi connectivity index (χ4n) is 3.56. The Bertz CT molecular complexity index is 206. The Kier molecular flexibility index (Phi) is 2.10. The van der Waals surface area contributed by atoms with Crippen molar-refractivity contribution in [2.75, 3.05) is 13.1 Å². The molecule has 2 aliphatic carbocycles. The summed E-state index contributed by atoms with van der Waals surface area (Å²) in [7, 11) is 0. The van der Waals surface area contributed by atoms with Gasteiger partial charge in [-0.05, 0) is 43.4 Å². The molecule has 3 aliphatic rings. The van der Waals surface area contributed by atoms with Crippen LogP contribution in [-0.4, -0.2) is 30.1 Å². The summed E-state index contributed by atoms with van der Waals surface area (Å²) in [4.78, 5) is 2.72. The number of hydrogen-bond acceptors (Lipinski definition) is 2. The van der Waals surface area contributed by atoms with Crippen molar-refractivity contribution in [3.05, 3.63) is 0 Å². The molecule has 2 nitrogen and oxygen atoms in total. The van der Waals surface area contributed by atoms with Gasteiger partial charge >= 0.3 is 0 Å². The van der Waals surface area contributed by atoms with Crippen molar-refractivity contribution in [2.24, 2.45) is 23.5 Å². The summed E-state index contributed by atoms with van der Waals surface area (Å²) in [5.74, 6) is 2.65. The molecule has 2 heteroatoms. The maximum atomic E-state index is 6.24. The van der Waals surface area contributed by atoms with Gasteiger partial charge in [-0.25, -0.2) is 0 Å². The second-order valence-corrected chi connectivity index (χ2v) is 5.73. The molecule has 14 heavy (non-hydrogen) atoms.